The molecule has 1 atom stereocenters. The molecule has 480 valence electrons. The van der Waals surface area contributed by atoms with Crippen molar-refractivity contribution >= 4 is 17.9 Å². The molecule has 0 spiro atoms. The lowest BCUT2D eigenvalue weighted by molar-refractivity contribution is -0.167. The van der Waals surface area contributed by atoms with Gasteiger partial charge in [0.15, 0.2) is 6.10 Å². The molecule has 0 aromatic rings. The molecule has 0 aromatic carbocycles. The van der Waals surface area contributed by atoms with Gasteiger partial charge in [0.05, 0.1) is 0 Å². The van der Waals surface area contributed by atoms with Crippen LogP contribution in [0.2, 0.25) is 0 Å². The lowest BCUT2D eigenvalue weighted by atomic mass is 10.0. The minimum atomic E-state index is -0.779. The van der Waals surface area contributed by atoms with Gasteiger partial charge in [-0.2, -0.15) is 0 Å². The van der Waals surface area contributed by atoms with E-state index in [0.717, 1.165) is 109 Å². The van der Waals surface area contributed by atoms with Gasteiger partial charge in [-0.3, -0.25) is 14.4 Å². The van der Waals surface area contributed by atoms with Crippen LogP contribution in [-0.2, 0) is 28.6 Å². The second kappa shape index (κ2) is 71.1. The van der Waals surface area contributed by atoms with E-state index in [-0.39, 0.29) is 31.1 Å². The Hall–Kier alpha value is -3.41. The number of esters is 3. The summed E-state index contributed by atoms with van der Waals surface area (Å²) in [6.07, 6.45) is 94.8. The SMILES string of the molecule is CC/C=C\C/C=C\C/C=C\C/C=C\C/C=C\C/C=C\C/C=C\CCCCCCCCCC(=O)OCC(COC(=O)CCCCCCCCCCCCC)OC(=O)CCCCCCCCCCCCCCCCCCCCCCCCCCC. The molecule has 0 amide bonds. The number of hydrogen-bond donors (Lipinski definition) is 0. The van der Waals surface area contributed by atoms with Gasteiger partial charge in [0.2, 0.25) is 0 Å². The van der Waals surface area contributed by atoms with Crippen LogP contribution in [0, 0.1) is 0 Å². The van der Waals surface area contributed by atoms with Crippen LogP contribution >= 0.6 is 0 Å². The average Bonchev–Trinajstić information content (AvgIpc) is 3.48. The van der Waals surface area contributed by atoms with Crippen LogP contribution < -0.4 is 0 Å². The highest BCUT2D eigenvalue weighted by Crippen LogP contribution is 2.18. The predicted molar refractivity (Wildman–Crippen MR) is 362 cm³/mol. The Labute approximate surface area is 515 Å². The molecule has 0 aliphatic rings. The molecule has 0 saturated heterocycles. The Morgan fingerprint density at radius 1 is 0.253 bits per heavy atom. The van der Waals surface area contributed by atoms with Crippen molar-refractivity contribution in [3.8, 4) is 0 Å². The van der Waals surface area contributed by atoms with Gasteiger partial charge in [0.25, 0.3) is 0 Å². The summed E-state index contributed by atoms with van der Waals surface area (Å²) >= 11 is 0. The lowest BCUT2D eigenvalue weighted by Gasteiger charge is -2.18. The monoisotopic (exact) mass is 1160 g/mol. The number of carbonyl (C=O) groups is 3. The topological polar surface area (TPSA) is 78.9 Å². The molecule has 6 heteroatoms. The maximum Gasteiger partial charge on any atom is 0.306 e. The Morgan fingerprint density at radius 2 is 0.470 bits per heavy atom. The molecule has 0 aliphatic carbocycles. The third kappa shape index (κ3) is 69.3. The second-order valence-electron chi connectivity index (χ2n) is 24.1. The van der Waals surface area contributed by atoms with Crippen molar-refractivity contribution in [1.29, 1.82) is 0 Å². The first kappa shape index (κ1) is 79.6. The van der Waals surface area contributed by atoms with Gasteiger partial charge in [0, 0.05) is 19.3 Å². The van der Waals surface area contributed by atoms with Gasteiger partial charge in [0.1, 0.15) is 13.2 Å². The fraction of sp³-hybridized carbons (Fsp3) is 0.779. The van der Waals surface area contributed by atoms with E-state index in [9.17, 15) is 14.4 Å². The van der Waals surface area contributed by atoms with Crippen LogP contribution in [0.1, 0.15) is 367 Å². The highest BCUT2D eigenvalue weighted by atomic mass is 16.6. The van der Waals surface area contributed by atoms with E-state index in [0.29, 0.717) is 19.3 Å². The zero-order valence-electron chi connectivity index (χ0n) is 55.2. The van der Waals surface area contributed by atoms with Gasteiger partial charge in [-0.15, -0.1) is 0 Å². The van der Waals surface area contributed by atoms with Gasteiger partial charge in [-0.1, -0.05) is 356 Å². The molecular formula is C77H136O6. The summed E-state index contributed by atoms with van der Waals surface area (Å²) in [5.41, 5.74) is 0. The summed E-state index contributed by atoms with van der Waals surface area (Å²) in [5, 5.41) is 0. The van der Waals surface area contributed by atoms with Crippen molar-refractivity contribution < 1.29 is 28.6 Å². The van der Waals surface area contributed by atoms with Gasteiger partial charge < -0.3 is 14.2 Å². The Balaban J connectivity index is 4.23. The Kier molecular flexibility index (Phi) is 68.2. The molecule has 0 rings (SSSR count). The van der Waals surface area contributed by atoms with Gasteiger partial charge in [-0.05, 0) is 77.0 Å². The second-order valence-corrected chi connectivity index (χ2v) is 24.1. The standard InChI is InChI=1S/C77H136O6/c1-4-7-10-13-16-19-22-24-26-28-30-32-34-36-37-38-39-41-42-44-46-48-50-52-55-58-61-64-67-70-76(79)82-73-74(72-81-75(78)69-66-63-60-57-54-21-18-15-12-9-6-3)83-77(80)71-68-65-62-59-56-53-51-49-47-45-43-40-35-33-31-29-27-25-23-20-17-14-11-8-5-2/h7,10,16,19,24,26,30,32,36-37,39,41,44,46,74H,4-6,8-9,11-15,17-18,20-23,25,27-29,31,33-35,38,40,42-43,45,47-73H2,1-3H3/b10-7-,19-16-,26-24-,32-30-,37-36-,41-39-,46-44-. The number of allylic oxidation sites excluding steroid dienone is 14. The van der Waals surface area contributed by atoms with Crippen LogP contribution in [0.25, 0.3) is 0 Å². The first-order valence-electron chi connectivity index (χ1n) is 36.1. The highest BCUT2D eigenvalue weighted by Gasteiger charge is 2.19. The minimum Gasteiger partial charge on any atom is -0.462 e. The lowest BCUT2D eigenvalue weighted by Crippen LogP contribution is -2.30. The fourth-order valence-corrected chi connectivity index (χ4v) is 10.5. The molecule has 83 heavy (non-hydrogen) atoms. The molecule has 0 bridgehead atoms. The van der Waals surface area contributed by atoms with Crippen LogP contribution in [-0.4, -0.2) is 37.2 Å². The van der Waals surface area contributed by atoms with Crippen molar-refractivity contribution in [2.45, 2.75) is 374 Å². The van der Waals surface area contributed by atoms with E-state index < -0.39 is 6.10 Å². The largest absolute Gasteiger partial charge is 0.462 e. The van der Waals surface area contributed by atoms with E-state index in [4.69, 9.17) is 14.2 Å². The third-order valence-electron chi connectivity index (χ3n) is 15.9. The van der Waals surface area contributed by atoms with E-state index in [1.165, 1.54) is 218 Å². The summed E-state index contributed by atoms with van der Waals surface area (Å²) in [5.74, 6) is -0.866. The number of hydrogen-bond acceptors (Lipinski definition) is 6. The van der Waals surface area contributed by atoms with E-state index in [1.807, 2.05) is 0 Å². The number of rotatable bonds is 66. The zero-order valence-corrected chi connectivity index (χ0v) is 55.2. The van der Waals surface area contributed by atoms with Crippen LogP contribution in [0.3, 0.4) is 0 Å². The molecule has 0 aromatic heterocycles. The van der Waals surface area contributed by atoms with Crippen molar-refractivity contribution in [3.05, 3.63) is 85.1 Å². The minimum absolute atomic E-state index is 0.0748. The van der Waals surface area contributed by atoms with Crippen molar-refractivity contribution in [2.24, 2.45) is 0 Å². The molecule has 0 fully saturated rings. The van der Waals surface area contributed by atoms with Crippen molar-refractivity contribution in [1.82, 2.24) is 0 Å². The van der Waals surface area contributed by atoms with Crippen molar-refractivity contribution in [2.75, 3.05) is 13.2 Å². The van der Waals surface area contributed by atoms with Gasteiger partial charge in [-0.25, -0.2) is 0 Å². The molecule has 0 heterocycles. The molecular weight excluding hydrogens is 1020 g/mol. The number of carbonyl (C=O) groups excluding carboxylic acids is 3. The third-order valence-corrected chi connectivity index (χ3v) is 15.9. The Bertz CT molecular complexity index is 1570. The molecule has 1 unspecified atom stereocenters. The summed E-state index contributed by atoms with van der Waals surface area (Å²) < 4.78 is 17.0. The van der Waals surface area contributed by atoms with Gasteiger partial charge >= 0.3 is 17.9 Å². The quantitative estimate of drug-likeness (QED) is 0.0261. The van der Waals surface area contributed by atoms with Crippen LogP contribution in [0.15, 0.2) is 85.1 Å². The van der Waals surface area contributed by atoms with E-state index >= 15 is 0 Å². The molecule has 0 radical (unpaired) electrons. The smallest absolute Gasteiger partial charge is 0.306 e. The Morgan fingerprint density at radius 3 is 0.735 bits per heavy atom. The predicted octanol–water partition coefficient (Wildman–Crippen LogP) is 25.0. The summed E-state index contributed by atoms with van der Waals surface area (Å²) in [7, 11) is 0. The van der Waals surface area contributed by atoms with Crippen LogP contribution in [0.5, 0.6) is 0 Å². The normalized spacial score (nSPS) is 12.6. The molecule has 0 aliphatic heterocycles. The summed E-state index contributed by atoms with van der Waals surface area (Å²) in [6, 6.07) is 0. The maximum atomic E-state index is 13.0. The summed E-state index contributed by atoms with van der Waals surface area (Å²) in [4.78, 5) is 38.4. The number of unbranched alkanes of at least 4 members (excludes halogenated alkanes) is 41. The van der Waals surface area contributed by atoms with Crippen LogP contribution in [0.4, 0.5) is 0 Å². The fourth-order valence-electron chi connectivity index (χ4n) is 10.5. The number of ether oxygens (including phenoxy) is 3. The summed E-state index contributed by atoms with van der Waals surface area (Å²) in [6.45, 7) is 6.57. The molecule has 0 N–H and O–H groups in total. The first-order chi connectivity index (χ1) is 41.0. The van der Waals surface area contributed by atoms with E-state index in [1.54, 1.807) is 0 Å². The molecule has 0 saturated carbocycles. The maximum absolute atomic E-state index is 13.0. The first-order valence-corrected chi connectivity index (χ1v) is 36.1. The zero-order chi connectivity index (χ0) is 59.9. The molecule has 6 nitrogen and oxygen atoms in total. The van der Waals surface area contributed by atoms with E-state index in [2.05, 4.69) is 106 Å². The average molecular weight is 1160 g/mol. The van der Waals surface area contributed by atoms with Crippen molar-refractivity contribution in [3.63, 3.8) is 0 Å². The highest BCUT2D eigenvalue weighted by molar-refractivity contribution is 5.71.